The molecule has 0 saturated carbocycles. The van der Waals surface area contributed by atoms with Crippen molar-refractivity contribution in [2.24, 2.45) is 0 Å². The van der Waals surface area contributed by atoms with E-state index in [0.717, 1.165) is 5.56 Å². The lowest BCUT2D eigenvalue weighted by atomic mass is 10.2. The van der Waals surface area contributed by atoms with E-state index in [1.807, 2.05) is 13.0 Å². The van der Waals surface area contributed by atoms with Gasteiger partial charge in [-0.05, 0) is 43.2 Å². The topological polar surface area (TPSA) is 74.9 Å². The van der Waals surface area contributed by atoms with Crippen LogP contribution in [0.3, 0.4) is 0 Å². The first kappa shape index (κ1) is 15.5. The van der Waals surface area contributed by atoms with Gasteiger partial charge in [0.1, 0.15) is 0 Å². The fourth-order valence-electron chi connectivity index (χ4n) is 2.09. The van der Waals surface area contributed by atoms with Crippen molar-refractivity contribution in [2.75, 3.05) is 5.32 Å². The predicted octanol–water partition coefficient (Wildman–Crippen LogP) is 2.45. The fraction of sp³-hybridized carbons (Fsp3) is 0.235. The minimum atomic E-state index is -0.106. The number of aryl methyl sites for hydroxylation is 2. The molecule has 0 bridgehead atoms. The summed E-state index contributed by atoms with van der Waals surface area (Å²) in [6.07, 6.45) is 2.71. The highest BCUT2D eigenvalue weighted by molar-refractivity contribution is 5.90. The quantitative estimate of drug-likeness (QED) is 0.920. The van der Waals surface area contributed by atoms with Gasteiger partial charge in [-0.2, -0.15) is 5.26 Å². The molecule has 1 amide bonds. The molecule has 112 valence electrons. The molecular formula is C17H17N3O2. The Morgan fingerprint density at radius 3 is 2.64 bits per heavy atom. The van der Waals surface area contributed by atoms with Crippen LogP contribution in [0.4, 0.5) is 5.69 Å². The van der Waals surface area contributed by atoms with Crippen LogP contribution in [-0.2, 0) is 11.3 Å². The van der Waals surface area contributed by atoms with Crippen LogP contribution in [0.25, 0.3) is 0 Å². The minimum absolute atomic E-state index is 0.0573. The molecule has 5 heteroatoms. The molecule has 0 saturated heterocycles. The lowest BCUT2D eigenvalue weighted by molar-refractivity contribution is -0.116. The summed E-state index contributed by atoms with van der Waals surface area (Å²) in [6.45, 7) is 2.44. The molecule has 0 aliphatic heterocycles. The maximum Gasteiger partial charge on any atom is 0.250 e. The molecule has 0 atom stereocenters. The second-order valence-electron chi connectivity index (χ2n) is 5.08. The lowest BCUT2D eigenvalue weighted by Crippen LogP contribution is -2.20. The zero-order chi connectivity index (χ0) is 15.9. The molecule has 1 heterocycles. The summed E-state index contributed by atoms with van der Waals surface area (Å²) in [5.41, 5.74) is 2.17. The molecule has 1 N–H and O–H groups in total. The highest BCUT2D eigenvalue weighted by Crippen LogP contribution is 2.09. The summed E-state index contributed by atoms with van der Waals surface area (Å²) in [5.74, 6) is -0.106. The van der Waals surface area contributed by atoms with Crippen LogP contribution in [0.5, 0.6) is 0 Å². The number of nitriles is 1. The molecule has 0 unspecified atom stereocenters. The van der Waals surface area contributed by atoms with E-state index < -0.39 is 0 Å². The van der Waals surface area contributed by atoms with Gasteiger partial charge in [-0.15, -0.1) is 0 Å². The maximum atomic E-state index is 11.8. The molecule has 0 radical (unpaired) electrons. The van der Waals surface area contributed by atoms with E-state index in [2.05, 4.69) is 5.32 Å². The average molecular weight is 295 g/mol. The predicted molar refractivity (Wildman–Crippen MR) is 84.5 cm³/mol. The van der Waals surface area contributed by atoms with E-state index in [9.17, 15) is 9.59 Å². The van der Waals surface area contributed by atoms with Gasteiger partial charge in [0.05, 0.1) is 11.6 Å². The highest BCUT2D eigenvalue weighted by Gasteiger charge is 2.03. The number of hydrogen-bond acceptors (Lipinski definition) is 3. The van der Waals surface area contributed by atoms with Crippen molar-refractivity contribution in [2.45, 2.75) is 26.3 Å². The van der Waals surface area contributed by atoms with E-state index in [1.165, 1.54) is 6.07 Å². The summed E-state index contributed by atoms with van der Waals surface area (Å²) in [6, 6.07) is 12.0. The number of rotatable bonds is 5. The van der Waals surface area contributed by atoms with Crippen molar-refractivity contribution in [3.8, 4) is 6.07 Å². The summed E-state index contributed by atoms with van der Waals surface area (Å²) in [4.78, 5) is 23.5. The van der Waals surface area contributed by atoms with Crippen molar-refractivity contribution >= 4 is 11.6 Å². The SMILES string of the molecule is Cc1ccc(=O)n(CCCC(=O)Nc2ccc(C#N)cc2)c1. The molecule has 0 aliphatic carbocycles. The smallest absolute Gasteiger partial charge is 0.250 e. The van der Waals surface area contributed by atoms with Gasteiger partial charge in [0.2, 0.25) is 5.91 Å². The van der Waals surface area contributed by atoms with E-state index in [4.69, 9.17) is 5.26 Å². The van der Waals surface area contributed by atoms with E-state index in [0.29, 0.717) is 30.6 Å². The van der Waals surface area contributed by atoms with E-state index >= 15 is 0 Å². The van der Waals surface area contributed by atoms with E-state index in [-0.39, 0.29) is 11.5 Å². The van der Waals surface area contributed by atoms with Gasteiger partial charge >= 0.3 is 0 Å². The number of aromatic nitrogens is 1. The normalized spacial score (nSPS) is 10.0. The van der Waals surface area contributed by atoms with Crippen molar-refractivity contribution in [1.82, 2.24) is 4.57 Å². The van der Waals surface area contributed by atoms with Gasteiger partial charge < -0.3 is 9.88 Å². The van der Waals surface area contributed by atoms with Gasteiger partial charge in [0.15, 0.2) is 0 Å². The molecule has 0 spiro atoms. The maximum absolute atomic E-state index is 11.8. The van der Waals surface area contributed by atoms with Crippen molar-refractivity contribution < 1.29 is 4.79 Å². The van der Waals surface area contributed by atoms with Crippen molar-refractivity contribution in [3.63, 3.8) is 0 Å². The van der Waals surface area contributed by atoms with Crippen LogP contribution in [0.2, 0.25) is 0 Å². The molecule has 2 aromatic rings. The van der Waals surface area contributed by atoms with Gasteiger partial charge in [0.25, 0.3) is 5.56 Å². The molecule has 5 nitrogen and oxygen atoms in total. The summed E-state index contributed by atoms with van der Waals surface area (Å²) in [7, 11) is 0. The first-order valence-corrected chi connectivity index (χ1v) is 7.05. The molecule has 22 heavy (non-hydrogen) atoms. The largest absolute Gasteiger partial charge is 0.326 e. The van der Waals surface area contributed by atoms with Gasteiger partial charge in [0, 0.05) is 30.9 Å². The number of carbonyl (C=O) groups is 1. The molecule has 1 aromatic heterocycles. The Morgan fingerprint density at radius 1 is 1.23 bits per heavy atom. The molecule has 0 aliphatic rings. The van der Waals surface area contributed by atoms with Crippen molar-refractivity contribution in [3.05, 3.63) is 64.1 Å². The molecule has 0 fully saturated rings. The number of anilines is 1. The average Bonchev–Trinajstić information content (AvgIpc) is 2.51. The Bertz CT molecular complexity index is 755. The Labute approximate surface area is 128 Å². The van der Waals surface area contributed by atoms with Gasteiger partial charge in [-0.3, -0.25) is 9.59 Å². The van der Waals surface area contributed by atoms with Crippen LogP contribution in [-0.4, -0.2) is 10.5 Å². The van der Waals surface area contributed by atoms with Crippen molar-refractivity contribution in [1.29, 1.82) is 5.26 Å². The zero-order valence-electron chi connectivity index (χ0n) is 12.4. The Hall–Kier alpha value is -2.87. The number of amides is 1. The number of pyridine rings is 1. The van der Waals surface area contributed by atoms with Crippen LogP contribution in [0.15, 0.2) is 47.4 Å². The third kappa shape index (κ3) is 4.32. The first-order valence-electron chi connectivity index (χ1n) is 7.05. The Balaban J connectivity index is 1.84. The zero-order valence-corrected chi connectivity index (χ0v) is 12.4. The molecule has 2 rings (SSSR count). The van der Waals surface area contributed by atoms with E-state index in [1.54, 1.807) is 41.1 Å². The number of hydrogen-bond donors (Lipinski definition) is 1. The monoisotopic (exact) mass is 295 g/mol. The third-order valence-corrected chi connectivity index (χ3v) is 3.23. The number of nitrogens with one attached hydrogen (secondary N) is 1. The van der Waals surface area contributed by atoms with Crippen LogP contribution in [0, 0.1) is 18.3 Å². The number of nitrogens with zero attached hydrogens (tertiary/aromatic N) is 2. The highest BCUT2D eigenvalue weighted by atomic mass is 16.1. The first-order chi connectivity index (χ1) is 10.6. The fourth-order valence-corrected chi connectivity index (χ4v) is 2.09. The minimum Gasteiger partial charge on any atom is -0.326 e. The van der Waals surface area contributed by atoms with Crippen LogP contribution in [0.1, 0.15) is 24.0 Å². The Morgan fingerprint density at radius 2 is 1.95 bits per heavy atom. The van der Waals surface area contributed by atoms with Gasteiger partial charge in [-0.1, -0.05) is 6.07 Å². The second-order valence-corrected chi connectivity index (χ2v) is 5.08. The molecule has 1 aromatic carbocycles. The summed E-state index contributed by atoms with van der Waals surface area (Å²) < 4.78 is 1.62. The Kier molecular flexibility index (Phi) is 5.10. The summed E-state index contributed by atoms with van der Waals surface area (Å²) in [5, 5.41) is 11.5. The van der Waals surface area contributed by atoms with Crippen LogP contribution < -0.4 is 10.9 Å². The lowest BCUT2D eigenvalue weighted by Gasteiger charge is -2.07. The third-order valence-electron chi connectivity index (χ3n) is 3.23. The van der Waals surface area contributed by atoms with Crippen LogP contribution >= 0.6 is 0 Å². The molecular weight excluding hydrogens is 278 g/mol. The standard InChI is InChI=1S/C17H17N3O2/c1-13-4-9-17(22)20(12-13)10-2-3-16(21)19-15-7-5-14(11-18)6-8-15/h4-9,12H,2-3,10H2,1H3,(H,19,21). The summed E-state index contributed by atoms with van der Waals surface area (Å²) >= 11 is 0. The number of benzene rings is 1. The second kappa shape index (κ2) is 7.23. The number of carbonyl (C=O) groups excluding carboxylic acids is 1. The van der Waals surface area contributed by atoms with Gasteiger partial charge in [-0.25, -0.2) is 0 Å².